The zero-order valence-corrected chi connectivity index (χ0v) is 13.0. The van der Waals surface area contributed by atoms with Crippen LogP contribution in [0.25, 0.3) is 0 Å². The van der Waals surface area contributed by atoms with Crippen molar-refractivity contribution in [3.8, 4) is 0 Å². The van der Waals surface area contributed by atoms with Crippen molar-refractivity contribution < 1.29 is 9.47 Å². The predicted octanol–water partition coefficient (Wildman–Crippen LogP) is 4.20. The normalized spacial score (nSPS) is 22.8. The SMILES string of the molecule is Clc1ccc(Br)cc1NC1CCC2(CC1)OCCO2. The van der Waals surface area contributed by atoms with Gasteiger partial charge in [0.05, 0.1) is 23.9 Å². The summed E-state index contributed by atoms with van der Waals surface area (Å²) in [7, 11) is 0. The first kappa shape index (κ1) is 13.7. The summed E-state index contributed by atoms with van der Waals surface area (Å²) in [6.45, 7) is 1.46. The fourth-order valence-corrected chi connectivity index (χ4v) is 3.35. The molecule has 5 heteroatoms. The standard InChI is InChI=1S/C14H17BrClNO2/c15-10-1-2-12(16)13(9-10)17-11-3-5-14(6-4-11)18-7-8-19-14/h1-2,9,11,17H,3-8H2. The van der Waals surface area contributed by atoms with Crippen LogP contribution in [0.4, 0.5) is 5.69 Å². The summed E-state index contributed by atoms with van der Waals surface area (Å²) in [4.78, 5) is 0. The fourth-order valence-electron chi connectivity index (χ4n) is 2.82. The van der Waals surface area contributed by atoms with E-state index in [1.165, 1.54) is 0 Å². The lowest BCUT2D eigenvalue weighted by Gasteiger charge is -2.36. The highest BCUT2D eigenvalue weighted by atomic mass is 79.9. The molecule has 1 saturated carbocycles. The van der Waals surface area contributed by atoms with E-state index in [1.54, 1.807) is 0 Å². The van der Waals surface area contributed by atoms with Crippen LogP contribution in [0.1, 0.15) is 25.7 Å². The number of rotatable bonds is 2. The molecule has 0 atom stereocenters. The minimum Gasteiger partial charge on any atom is -0.381 e. The monoisotopic (exact) mass is 345 g/mol. The van der Waals surface area contributed by atoms with Crippen molar-refractivity contribution in [2.75, 3.05) is 18.5 Å². The average Bonchev–Trinajstić information content (AvgIpc) is 2.85. The number of hydrogen-bond donors (Lipinski definition) is 1. The van der Waals surface area contributed by atoms with Crippen LogP contribution in [0.3, 0.4) is 0 Å². The third-order valence-electron chi connectivity index (χ3n) is 3.85. The predicted molar refractivity (Wildman–Crippen MR) is 79.7 cm³/mol. The molecule has 1 saturated heterocycles. The van der Waals surface area contributed by atoms with Gasteiger partial charge in [0.2, 0.25) is 0 Å². The van der Waals surface area contributed by atoms with Gasteiger partial charge in [-0.05, 0) is 31.0 Å². The van der Waals surface area contributed by atoms with E-state index in [0.29, 0.717) is 6.04 Å². The van der Waals surface area contributed by atoms with Crippen LogP contribution in [0.15, 0.2) is 22.7 Å². The highest BCUT2D eigenvalue weighted by Gasteiger charge is 2.40. The molecule has 3 nitrogen and oxygen atoms in total. The second kappa shape index (κ2) is 5.60. The molecule has 1 heterocycles. The summed E-state index contributed by atoms with van der Waals surface area (Å²) in [5, 5.41) is 4.28. The quantitative estimate of drug-likeness (QED) is 0.870. The molecule has 1 aromatic carbocycles. The molecule has 1 spiro atoms. The molecule has 1 N–H and O–H groups in total. The van der Waals surface area contributed by atoms with Crippen molar-refractivity contribution in [3.05, 3.63) is 27.7 Å². The lowest BCUT2D eigenvalue weighted by atomic mass is 9.90. The lowest BCUT2D eigenvalue weighted by molar-refractivity contribution is -0.177. The number of ether oxygens (including phenoxy) is 2. The summed E-state index contributed by atoms with van der Waals surface area (Å²) in [5.41, 5.74) is 0.991. The zero-order valence-electron chi connectivity index (χ0n) is 10.6. The largest absolute Gasteiger partial charge is 0.381 e. The lowest BCUT2D eigenvalue weighted by Crippen LogP contribution is -2.39. The molecule has 0 bridgehead atoms. The van der Waals surface area contributed by atoms with E-state index in [0.717, 1.165) is 54.1 Å². The Morgan fingerprint density at radius 3 is 2.58 bits per heavy atom. The molecule has 3 rings (SSSR count). The number of hydrogen-bond acceptors (Lipinski definition) is 3. The molecular weight excluding hydrogens is 330 g/mol. The number of halogens is 2. The first-order valence-electron chi connectivity index (χ1n) is 6.66. The molecule has 1 aliphatic carbocycles. The van der Waals surface area contributed by atoms with Crippen LogP contribution in [0.2, 0.25) is 5.02 Å². The van der Waals surface area contributed by atoms with Crippen molar-refractivity contribution in [1.29, 1.82) is 0 Å². The Bertz CT molecular complexity index is 453. The van der Waals surface area contributed by atoms with Gasteiger partial charge < -0.3 is 14.8 Å². The summed E-state index contributed by atoms with van der Waals surface area (Å²) in [6.07, 6.45) is 4.00. The Balaban J connectivity index is 1.61. The van der Waals surface area contributed by atoms with Gasteiger partial charge in [0, 0.05) is 23.4 Å². The fraction of sp³-hybridized carbons (Fsp3) is 0.571. The Morgan fingerprint density at radius 1 is 1.21 bits per heavy atom. The van der Waals surface area contributed by atoms with E-state index < -0.39 is 0 Å². The third-order valence-corrected chi connectivity index (χ3v) is 4.67. The highest BCUT2D eigenvalue weighted by molar-refractivity contribution is 9.10. The molecule has 2 fully saturated rings. The van der Waals surface area contributed by atoms with Crippen LogP contribution in [0.5, 0.6) is 0 Å². The molecule has 1 aliphatic heterocycles. The Labute approximate surface area is 126 Å². The minimum atomic E-state index is -0.292. The average molecular weight is 347 g/mol. The highest BCUT2D eigenvalue weighted by Crippen LogP contribution is 2.37. The van der Waals surface area contributed by atoms with Crippen LogP contribution in [-0.4, -0.2) is 25.0 Å². The van der Waals surface area contributed by atoms with Crippen molar-refractivity contribution in [2.24, 2.45) is 0 Å². The first-order chi connectivity index (χ1) is 9.17. The molecule has 19 heavy (non-hydrogen) atoms. The van der Waals surface area contributed by atoms with Crippen molar-refractivity contribution in [3.63, 3.8) is 0 Å². The molecule has 0 radical (unpaired) electrons. The Morgan fingerprint density at radius 2 is 1.89 bits per heavy atom. The van der Waals surface area contributed by atoms with Gasteiger partial charge in [-0.3, -0.25) is 0 Å². The van der Waals surface area contributed by atoms with E-state index in [-0.39, 0.29) is 5.79 Å². The van der Waals surface area contributed by atoms with Gasteiger partial charge >= 0.3 is 0 Å². The maximum absolute atomic E-state index is 6.20. The molecule has 104 valence electrons. The van der Waals surface area contributed by atoms with Crippen molar-refractivity contribution >= 4 is 33.2 Å². The maximum atomic E-state index is 6.20. The van der Waals surface area contributed by atoms with E-state index in [4.69, 9.17) is 21.1 Å². The van der Waals surface area contributed by atoms with Gasteiger partial charge in [-0.2, -0.15) is 0 Å². The molecule has 2 aliphatic rings. The van der Waals surface area contributed by atoms with Crippen LogP contribution in [-0.2, 0) is 9.47 Å². The second-order valence-electron chi connectivity index (χ2n) is 5.15. The van der Waals surface area contributed by atoms with E-state index >= 15 is 0 Å². The first-order valence-corrected chi connectivity index (χ1v) is 7.83. The number of anilines is 1. The molecule has 1 aromatic rings. The van der Waals surface area contributed by atoms with Gasteiger partial charge in [-0.1, -0.05) is 27.5 Å². The molecule has 0 aromatic heterocycles. The maximum Gasteiger partial charge on any atom is 0.168 e. The van der Waals surface area contributed by atoms with Crippen molar-refractivity contribution in [2.45, 2.75) is 37.5 Å². The summed E-state index contributed by atoms with van der Waals surface area (Å²) in [5.74, 6) is -0.292. The topological polar surface area (TPSA) is 30.5 Å². The van der Waals surface area contributed by atoms with Crippen molar-refractivity contribution in [1.82, 2.24) is 0 Å². The summed E-state index contributed by atoms with van der Waals surface area (Å²) >= 11 is 9.67. The number of benzene rings is 1. The summed E-state index contributed by atoms with van der Waals surface area (Å²) in [6, 6.07) is 6.31. The van der Waals surface area contributed by atoms with E-state index in [1.807, 2.05) is 18.2 Å². The Hall–Kier alpha value is -0.290. The summed E-state index contributed by atoms with van der Waals surface area (Å²) < 4.78 is 12.5. The second-order valence-corrected chi connectivity index (χ2v) is 6.47. The van der Waals surface area contributed by atoms with E-state index in [9.17, 15) is 0 Å². The van der Waals surface area contributed by atoms with Gasteiger partial charge in [-0.25, -0.2) is 0 Å². The van der Waals surface area contributed by atoms with Gasteiger partial charge in [0.25, 0.3) is 0 Å². The number of nitrogens with one attached hydrogen (secondary N) is 1. The van der Waals surface area contributed by atoms with Crippen LogP contribution in [0, 0.1) is 0 Å². The molecular formula is C14H17BrClNO2. The smallest absolute Gasteiger partial charge is 0.168 e. The van der Waals surface area contributed by atoms with E-state index in [2.05, 4.69) is 21.2 Å². The van der Waals surface area contributed by atoms with Crippen LogP contribution >= 0.6 is 27.5 Å². The minimum absolute atomic E-state index is 0.292. The zero-order chi connectivity index (χ0) is 13.3. The van der Waals surface area contributed by atoms with Gasteiger partial charge in [0.15, 0.2) is 5.79 Å². The molecule has 0 unspecified atom stereocenters. The van der Waals surface area contributed by atoms with Gasteiger partial charge in [-0.15, -0.1) is 0 Å². The van der Waals surface area contributed by atoms with Gasteiger partial charge in [0.1, 0.15) is 0 Å². The van der Waals surface area contributed by atoms with Crippen LogP contribution < -0.4 is 5.32 Å². The molecule has 0 amide bonds. The third kappa shape index (κ3) is 3.07. The Kier molecular flexibility index (Phi) is 4.03.